The van der Waals surface area contributed by atoms with Crippen molar-refractivity contribution >= 4 is 60.6 Å². The third-order valence-electron chi connectivity index (χ3n) is 10.4. The highest BCUT2D eigenvalue weighted by atomic mass is 35.5. The molecule has 1 saturated carbocycles. The van der Waals surface area contributed by atoms with Crippen LogP contribution in [0.15, 0.2) is 24.4 Å². The first-order valence-corrected chi connectivity index (χ1v) is 18.2. The Labute approximate surface area is 313 Å². The number of halogens is 7. The number of likely N-dealkylation sites (tertiary alicyclic amines) is 1. The molecule has 0 unspecified atom stereocenters. The van der Waals surface area contributed by atoms with Crippen molar-refractivity contribution in [3.8, 4) is 29.0 Å². The van der Waals surface area contributed by atoms with Gasteiger partial charge < -0.3 is 25.8 Å². The lowest BCUT2D eigenvalue weighted by Crippen LogP contribution is -2.33. The summed E-state index contributed by atoms with van der Waals surface area (Å²) >= 11 is 6.93. The van der Waals surface area contributed by atoms with Crippen molar-refractivity contribution in [1.82, 2.24) is 19.9 Å². The van der Waals surface area contributed by atoms with E-state index in [1.807, 2.05) is 11.0 Å². The highest BCUT2D eigenvalue weighted by Gasteiger charge is 2.47. The molecule has 5 aromatic rings. The number of hydrogen-bond donors (Lipinski definition) is 2. The van der Waals surface area contributed by atoms with Crippen molar-refractivity contribution in [3.05, 3.63) is 57.7 Å². The molecule has 8 rings (SSSR count). The van der Waals surface area contributed by atoms with Crippen LogP contribution in [0.2, 0.25) is 5.02 Å². The Morgan fingerprint density at radius 2 is 1.96 bits per heavy atom. The molecule has 1 aliphatic carbocycles. The number of aromatic nitrogens is 3. The van der Waals surface area contributed by atoms with Gasteiger partial charge in [0.25, 0.3) is 0 Å². The second kappa shape index (κ2) is 13.2. The number of nitrogens with two attached hydrogens (primary N) is 2. The van der Waals surface area contributed by atoms with Crippen LogP contribution in [0.3, 0.4) is 0 Å². The molecule has 0 amide bonds. The number of ether oxygens (including phenoxy) is 2. The van der Waals surface area contributed by atoms with E-state index in [0.29, 0.717) is 43.0 Å². The molecule has 0 bridgehead atoms. The van der Waals surface area contributed by atoms with Crippen LogP contribution in [0, 0.1) is 28.4 Å². The maximum Gasteiger partial charge on any atom is 0.420 e. The summed E-state index contributed by atoms with van der Waals surface area (Å²) in [4.78, 5) is 16.7. The summed E-state index contributed by atoms with van der Waals surface area (Å²) in [6.07, 6.45) is -2.80. The second-order valence-corrected chi connectivity index (χ2v) is 15.4. The average Bonchev–Trinajstić information content (AvgIpc) is 3.69. The number of fused-ring (bicyclic) bond motifs is 1. The maximum absolute atomic E-state index is 17.4. The van der Waals surface area contributed by atoms with Gasteiger partial charge >= 0.3 is 12.2 Å². The van der Waals surface area contributed by atoms with E-state index in [0.717, 1.165) is 25.0 Å². The van der Waals surface area contributed by atoms with Gasteiger partial charge in [-0.1, -0.05) is 17.7 Å². The molecule has 0 radical (unpaired) electrons. The molecule has 2 fully saturated rings. The van der Waals surface area contributed by atoms with Crippen LogP contribution in [-0.2, 0) is 6.18 Å². The highest BCUT2D eigenvalue weighted by molar-refractivity contribution is 7.23. The molecule has 3 aromatic heterocycles. The molecule has 10 nitrogen and oxygen atoms in total. The summed E-state index contributed by atoms with van der Waals surface area (Å²) in [7, 11) is 0. The zero-order chi connectivity index (χ0) is 38.3. The Bertz CT molecular complexity index is 2380. The van der Waals surface area contributed by atoms with Crippen LogP contribution in [0.1, 0.15) is 48.9 Å². The normalized spacial score (nSPS) is 18.8. The van der Waals surface area contributed by atoms with Crippen LogP contribution in [-0.4, -0.2) is 65.4 Å². The molecule has 5 heterocycles. The van der Waals surface area contributed by atoms with Gasteiger partial charge in [0.15, 0.2) is 5.82 Å². The van der Waals surface area contributed by atoms with Crippen molar-refractivity contribution in [2.45, 2.75) is 44.6 Å². The van der Waals surface area contributed by atoms with Crippen molar-refractivity contribution in [1.29, 1.82) is 5.26 Å². The molecular weight excluding hydrogens is 758 g/mol. The van der Waals surface area contributed by atoms with Gasteiger partial charge in [-0.15, -0.1) is 11.3 Å². The predicted molar refractivity (Wildman–Crippen MR) is 192 cm³/mol. The van der Waals surface area contributed by atoms with Crippen molar-refractivity contribution in [2.24, 2.45) is 5.41 Å². The summed E-state index contributed by atoms with van der Waals surface area (Å²) in [5.74, 6) is -3.05. The fourth-order valence-electron chi connectivity index (χ4n) is 7.56. The molecule has 2 atom stereocenters. The Balaban J connectivity index is 1.37. The molecular formula is C36H31ClF6N8O2S. The van der Waals surface area contributed by atoms with Gasteiger partial charge in [-0.3, -0.25) is 4.90 Å². The van der Waals surface area contributed by atoms with Crippen molar-refractivity contribution in [3.63, 3.8) is 0 Å². The van der Waals surface area contributed by atoms with Crippen LogP contribution in [0.25, 0.3) is 32.1 Å². The van der Waals surface area contributed by atoms with Gasteiger partial charge in [-0.05, 0) is 43.9 Å². The summed E-state index contributed by atoms with van der Waals surface area (Å²) in [6.45, 7) is 2.90. The number of rotatable bonds is 8. The Kier molecular flexibility index (Phi) is 8.85. The second-order valence-electron chi connectivity index (χ2n) is 14.0. The maximum atomic E-state index is 17.4. The number of alkyl halides is 4. The molecule has 0 spiro atoms. The minimum Gasteiger partial charge on any atom is -0.490 e. The van der Waals surface area contributed by atoms with E-state index in [-0.39, 0.29) is 73.9 Å². The lowest BCUT2D eigenvalue weighted by atomic mass is 9.91. The van der Waals surface area contributed by atoms with E-state index in [1.165, 1.54) is 6.20 Å². The molecule has 3 aliphatic rings. The first-order chi connectivity index (χ1) is 25.7. The van der Waals surface area contributed by atoms with E-state index in [2.05, 4.69) is 15.0 Å². The number of hydrogen-bond acceptors (Lipinski definition) is 11. The van der Waals surface area contributed by atoms with E-state index >= 15 is 22.0 Å². The standard InChI is InChI=1S/C36H31ClF6N8O2S/c1-16(20-10-17(37)12-47-31(20)45)51-8-9-52-29-25-28(48-34(49-33(25)51)53-15-35(5-6-35)14-50-7-4-18(38)13-50)27(40)24(26(29)36(41,42)43)19-2-3-22(39)30-23(19)21(11-44)32(46)54-30/h2-3,10,12,16,18H,4-9,13-15,46H2,1H3,(H2,45,47)/t16-,18-/m1/s1. The monoisotopic (exact) mass is 788 g/mol. The zero-order valence-corrected chi connectivity index (χ0v) is 30.1. The van der Waals surface area contributed by atoms with E-state index in [1.54, 1.807) is 17.9 Å². The lowest BCUT2D eigenvalue weighted by molar-refractivity contribution is -0.138. The molecule has 1 saturated heterocycles. The Morgan fingerprint density at radius 1 is 1.19 bits per heavy atom. The topological polar surface area (TPSA) is 139 Å². The van der Waals surface area contributed by atoms with Gasteiger partial charge in [0.1, 0.15) is 58.1 Å². The molecule has 54 heavy (non-hydrogen) atoms. The fraction of sp³-hybridized carbons (Fsp3) is 0.389. The van der Waals surface area contributed by atoms with Gasteiger partial charge in [0, 0.05) is 47.8 Å². The molecule has 4 N–H and O–H groups in total. The van der Waals surface area contributed by atoms with Crippen molar-refractivity contribution in [2.75, 3.05) is 55.8 Å². The van der Waals surface area contributed by atoms with E-state index < -0.39 is 58.0 Å². The van der Waals surface area contributed by atoms with Gasteiger partial charge in [0.2, 0.25) is 0 Å². The van der Waals surface area contributed by atoms with Crippen LogP contribution in [0.4, 0.5) is 43.0 Å². The lowest BCUT2D eigenvalue weighted by Gasteiger charge is -2.30. The van der Waals surface area contributed by atoms with Crippen LogP contribution in [0.5, 0.6) is 11.8 Å². The average molecular weight is 789 g/mol. The number of anilines is 3. The van der Waals surface area contributed by atoms with E-state index in [4.69, 9.17) is 32.5 Å². The minimum atomic E-state index is -5.24. The number of benzene rings is 2. The molecule has 2 aliphatic heterocycles. The van der Waals surface area contributed by atoms with Crippen LogP contribution >= 0.6 is 22.9 Å². The molecule has 18 heteroatoms. The largest absolute Gasteiger partial charge is 0.490 e. The number of nitrogen functional groups attached to an aromatic ring is 2. The van der Waals surface area contributed by atoms with Gasteiger partial charge in [-0.2, -0.15) is 28.4 Å². The third-order valence-corrected chi connectivity index (χ3v) is 11.6. The van der Waals surface area contributed by atoms with E-state index in [9.17, 15) is 9.65 Å². The van der Waals surface area contributed by atoms with Crippen LogP contribution < -0.4 is 25.8 Å². The summed E-state index contributed by atoms with van der Waals surface area (Å²) in [6, 6.07) is 4.23. The molecule has 2 aromatic carbocycles. The predicted octanol–water partition coefficient (Wildman–Crippen LogP) is 8.06. The van der Waals surface area contributed by atoms with Gasteiger partial charge in [0.05, 0.1) is 39.9 Å². The highest BCUT2D eigenvalue weighted by Crippen LogP contribution is 2.54. The summed E-state index contributed by atoms with van der Waals surface area (Å²) < 4.78 is 105. The quantitative estimate of drug-likeness (QED) is 0.149. The summed E-state index contributed by atoms with van der Waals surface area (Å²) in [5.41, 5.74) is 8.53. The Hall–Kier alpha value is -4.79. The fourth-order valence-corrected chi connectivity index (χ4v) is 8.67. The number of nitriles is 1. The SMILES string of the molecule is C[C@H](c1cc(Cl)cnc1N)N1CCOc2c(C(F)(F)F)c(-c3ccc(F)c4sc(N)c(C#N)c34)c(F)c3nc(OCC4(CN5CC[C@@H](F)C5)CC4)nc1c23. The first kappa shape index (κ1) is 36.2. The smallest absolute Gasteiger partial charge is 0.420 e. The number of thiophene rings is 1. The first-order valence-electron chi connectivity index (χ1n) is 17.0. The minimum absolute atomic E-state index is 0.0503. The number of nitrogens with zero attached hydrogens (tertiary/aromatic N) is 6. The summed E-state index contributed by atoms with van der Waals surface area (Å²) in [5, 5.41) is 9.38. The third kappa shape index (κ3) is 6.13. The zero-order valence-electron chi connectivity index (χ0n) is 28.5. The number of pyridine rings is 1. The molecule has 282 valence electrons. The van der Waals surface area contributed by atoms with Crippen molar-refractivity contribution < 1.29 is 35.8 Å². The van der Waals surface area contributed by atoms with Gasteiger partial charge in [-0.25, -0.2) is 18.2 Å². The Morgan fingerprint density at radius 3 is 2.65 bits per heavy atom.